The first kappa shape index (κ1) is 16.0. The molecule has 1 aromatic carbocycles. The Balaban J connectivity index is 2.15. The lowest BCUT2D eigenvalue weighted by atomic mass is 10.1. The first-order valence-corrected chi connectivity index (χ1v) is 7.37. The Labute approximate surface area is 129 Å². The molecule has 0 radical (unpaired) electrons. The first-order valence-electron chi connectivity index (χ1n) is 7.37. The Morgan fingerprint density at radius 3 is 2.50 bits per heavy atom. The fraction of sp³-hybridized carbons (Fsp3) is 0.438. The molecule has 6 heteroatoms. The van der Waals surface area contributed by atoms with Crippen LogP contribution in [0.3, 0.4) is 0 Å². The van der Waals surface area contributed by atoms with Crippen LogP contribution in [0.25, 0.3) is 0 Å². The summed E-state index contributed by atoms with van der Waals surface area (Å²) in [4.78, 5) is 23.9. The molecule has 0 saturated heterocycles. The molecule has 0 saturated carbocycles. The van der Waals surface area contributed by atoms with Gasteiger partial charge in [-0.15, -0.1) is 0 Å². The van der Waals surface area contributed by atoms with Crippen molar-refractivity contribution >= 4 is 17.7 Å². The molecule has 1 aliphatic rings. The summed E-state index contributed by atoms with van der Waals surface area (Å²) < 4.78 is 10.0. The van der Waals surface area contributed by atoms with E-state index in [9.17, 15) is 9.59 Å². The van der Waals surface area contributed by atoms with Crippen molar-refractivity contribution in [3.8, 4) is 0 Å². The van der Waals surface area contributed by atoms with E-state index >= 15 is 0 Å². The number of nitrogens with zero attached hydrogens (tertiary/aromatic N) is 2. The number of carbonyl (C=O) groups is 2. The number of esters is 2. The summed E-state index contributed by atoms with van der Waals surface area (Å²) in [6.45, 7) is 4.50. The van der Waals surface area contributed by atoms with Gasteiger partial charge >= 0.3 is 11.9 Å². The number of benzene rings is 1. The molecule has 0 bridgehead atoms. The number of carbonyl (C=O) groups excluding carboxylic acids is 2. The molecule has 0 aromatic heterocycles. The topological polar surface area (TPSA) is 68.2 Å². The molecule has 1 atom stereocenters. The Bertz CT molecular complexity index is 557. The van der Waals surface area contributed by atoms with Crippen molar-refractivity contribution in [2.24, 2.45) is 5.10 Å². The van der Waals surface area contributed by atoms with Crippen LogP contribution in [-0.2, 0) is 25.6 Å². The molecule has 1 unspecified atom stereocenters. The maximum absolute atomic E-state index is 12.1. The number of hydrogen-bond acceptors (Lipinski definition) is 6. The standard InChI is InChI=1S/C16H20N2O4/c1-3-21-15(19)13-10-14(16(20)22-4-2)18(17-13)11-12-8-6-5-7-9-12/h5-9,14H,3-4,10-11H2,1-2H3. The summed E-state index contributed by atoms with van der Waals surface area (Å²) in [5.41, 5.74) is 1.27. The molecule has 118 valence electrons. The Kier molecular flexibility index (Phi) is 5.52. The highest BCUT2D eigenvalue weighted by Gasteiger charge is 2.36. The van der Waals surface area contributed by atoms with Gasteiger partial charge in [0.15, 0.2) is 6.04 Å². The number of rotatable bonds is 6. The fourth-order valence-corrected chi connectivity index (χ4v) is 2.25. The average molecular weight is 304 g/mol. The molecular weight excluding hydrogens is 284 g/mol. The second kappa shape index (κ2) is 7.59. The van der Waals surface area contributed by atoms with Crippen molar-refractivity contribution in [3.05, 3.63) is 35.9 Å². The molecule has 0 spiro atoms. The lowest BCUT2D eigenvalue weighted by molar-refractivity contribution is -0.149. The van der Waals surface area contributed by atoms with Crippen molar-refractivity contribution in [1.82, 2.24) is 5.01 Å². The summed E-state index contributed by atoms with van der Waals surface area (Å²) in [5.74, 6) is -0.853. The Morgan fingerprint density at radius 2 is 1.86 bits per heavy atom. The molecule has 2 rings (SSSR count). The van der Waals surface area contributed by atoms with E-state index < -0.39 is 12.0 Å². The zero-order valence-corrected chi connectivity index (χ0v) is 12.8. The molecule has 1 aromatic rings. The molecule has 1 aliphatic heterocycles. The van der Waals surface area contributed by atoms with Gasteiger partial charge in [-0.1, -0.05) is 30.3 Å². The van der Waals surface area contributed by atoms with Gasteiger partial charge in [-0.25, -0.2) is 9.59 Å². The largest absolute Gasteiger partial charge is 0.464 e. The third-order valence-corrected chi connectivity index (χ3v) is 3.25. The molecule has 0 amide bonds. The molecule has 22 heavy (non-hydrogen) atoms. The van der Waals surface area contributed by atoms with Gasteiger partial charge in [-0.2, -0.15) is 5.10 Å². The molecule has 0 fully saturated rings. The minimum atomic E-state index is -0.584. The average Bonchev–Trinajstić information content (AvgIpc) is 2.93. The van der Waals surface area contributed by atoms with E-state index in [0.717, 1.165) is 5.56 Å². The molecule has 0 aliphatic carbocycles. The fourth-order valence-electron chi connectivity index (χ4n) is 2.25. The molecule has 0 N–H and O–H groups in total. The van der Waals surface area contributed by atoms with Gasteiger partial charge in [-0.05, 0) is 19.4 Å². The number of hydrazone groups is 1. The molecule has 6 nitrogen and oxygen atoms in total. The maximum atomic E-state index is 12.1. The minimum Gasteiger partial charge on any atom is -0.464 e. The highest BCUT2D eigenvalue weighted by molar-refractivity contribution is 6.37. The summed E-state index contributed by atoms with van der Waals surface area (Å²) >= 11 is 0. The van der Waals surface area contributed by atoms with Crippen molar-refractivity contribution in [2.75, 3.05) is 13.2 Å². The quantitative estimate of drug-likeness (QED) is 0.749. The van der Waals surface area contributed by atoms with Crippen LogP contribution >= 0.6 is 0 Å². The Morgan fingerprint density at radius 1 is 1.18 bits per heavy atom. The summed E-state index contributed by atoms with van der Waals surface area (Å²) in [7, 11) is 0. The van der Waals surface area contributed by atoms with Gasteiger partial charge in [0.1, 0.15) is 5.71 Å². The summed E-state index contributed by atoms with van der Waals surface area (Å²) in [5, 5.41) is 5.86. The van der Waals surface area contributed by atoms with E-state index in [0.29, 0.717) is 13.2 Å². The van der Waals surface area contributed by atoms with Crippen LogP contribution in [0.5, 0.6) is 0 Å². The smallest absolute Gasteiger partial charge is 0.354 e. The first-order chi connectivity index (χ1) is 10.7. The van der Waals surface area contributed by atoms with Crippen LogP contribution in [0.15, 0.2) is 35.4 Å². The van der Waals surface area contributed by atoms with Crippen LogP contribution in [0.1, 0.15) is 25.8 Å². The molecule has 1 heterocycles. The predicted molar refractivity (Wildman–Crippen MR) is 81.1 cm³/mol. The van der Waals surface area contributed by atoms with Crippen LogP contribution in [0, 0.1) is 0 Å². The van der Waals surface area contributed by atoms with E-state index in [2.05, 4.69) is 5.10 Å². The maximum Gasteiger partial charge on any atom is 0.354 e. The Hall–Kier alpha value is -2.37. The van der Waals surface area contributed by atoms with Crippen molar-refractivity contribution in [2.45, 2.75) is 32.9 Å². The number of ether oxygens (including phenoxy) is 2. The van der Waals surface area contributed by atoms with E-state index in [1.165, 1.54) is 0 Å². The summed E-state index contributed by atoms with van der Waals surface area (Å²) in [6, 6.07) is 9.06. The predicted octanol–water partition coefficient (Wildman–Crippen LogP) is 1.74. The normalized spacial score (nSPS) is 17.1. The van der Waals surface area contributed by atoms with Crippen LogP contribution in [-0.4, -0.2) is 41.9 Å². The van der Waals surface area contributed by atoms with E-state index in [4.69, 9.17) is 9.47 Å². The summed E-state index contributed by atoms with van der Waals surface area (Å²) in [6.07, 6.45) is 0.213. The number of hydrogen-bond donors (Lipinski definition) is 0. The molecular formula is C16H20N2O4. The van der Waals surface area contributed by atoms with Gasteiger partial charge in [-0.3, -0.25) is 5.01 Å². The minimum absolute atomic E-state index is 0.213. The van der Waals surface area contributed by atoms with E-state index in [1.807, 2.05) is 30.3 Å². The van der Waals surface area contributed by atoms with E-state index in [1.54, 1.807) is 18.9 Å². The van der Waals surface area contributed by atoms with E-state index in [-0.39, 0.29) is 24.7 Å². The van der Waals surface area contributed by atoms with Gasteiger partial charge in [0.25, 0.3) is 0 Å². The van der Waals surface area contributed by atoms with Crippen LogP contribution in [0.4, 0.5) is 0 Å². The lowest BCUT2D eigenvalue weighted by Crippen LogP contribution is -2.35. The van der Waals surface area contributed by atoms with Crippen molar-refractivity contribution < 1.29 is 19.1 Å². The third kappa shape index (κ3) is 3.84. The monoisotopic (exact) mass is 304 g/mol. The zero-order chi connectivity index (χ0) is 15.9. The van der Waals surface area contributed by atoms with Gasteiger partial charge in [0.2, 0.25) is 0 Å². The third-order valence-electron chi connectivity index (χ3n) is 3.25. The zero-order valence-electron chi connectivity index (χ0n) is 12.8. The van der Waals surface area contributed by atoms with Crippen LogP contribution in [0.2, 0.25) is 0 Å². The highest BCUT2D eigenvalue weighted by atomic mass is 16.5. The lowest BCUT2D eigenvalue weighted by Gasteiger charge is -2.21. The van der Waals surface area contributed by atoms with Crippen molar-refractivity contribution in [3.63, 3.8) is 0 Å². The van der Waals surface area contributed by atoms with Crippen LogP contribution < -0.4 is 0 Å². The highest BCUT2D eigenvalue weighted by Crippen LogP contribution is 2.20. The second-order valence-electron chi connectivity index (χ2n) is 4.82. The van der Waals surface area contributed by atoms with Crippen molar-refractivity contribution in [1.29, 1.82) is 0 Å². The second-order valence-corrected chi connectivity index (χ2v) is 4.82. The van der Waals surface area contributed by atoms with Gasteiger partial charge < -0.3 is 9.47 Å². The SMILES string of the molecule is CCOC(=O)C1=NN(Cc2ccccc2)C(C(=O)OCC)C1. The van der Waals surface area contributed by atoms with Gasteiger partial charge in [0.05, 0.1) is 19.8 Å². The van der Waals surface area contributed by atoms with Gasteiger partial charge in [0, 0.05) is 6.42 Å².